The summed E-state index contributed by atoms with van der Waals surface area (Å²) in [4.78, 5) is 16.5. The highest BCUT2D eigenvalue weighted by atomic mass is 35.5. The zero-order valence-corrected chi connectivity index (χ0v) is 15.6. The zero-order chi connectivity index (χ0) is 18.5. The number of hydrogen-bond donors (Lipinski definition) is 2. The number of aromatic nitrogens is 1. The van der Waals surface area contributed by atoms with Crippen LogP contribution in [0.4, 0.5) is 17.2 Å². The second-order valence-electron chi connectivity index (χ2n) is 5.90. The molecule has 0 aliphatic carbocycles. The van der Waals surface area contributed by atoms with E-state index in [1.54, 1.807) is 30.5 Å². The molecule has 0 aliphatic rings. The number of anilines is 3. The highest BCUT2D eigenvalue weighted by Gasteiger charge is 2.06. The SMILES string of the molecule is Cc1cccc(CC(=O)Nc2ccc(Nc3ccc(Cl)c(Cl)c3)nc2)c1. The van der Waals surface area contributed by atoms with Gasteiger partial charge in [-0.1, -0.05) is 53.0 Å². The van der Waals surface area contributed by atoms with Gasteiger partial charge in [0.25, 0.3) is 0 Å². The average molecular weight is 386 g/mol. The van der Waals surface area contributed by atoms with Crippen LogP contribution in [0.5, 0.6) is 0 Å². The topological polar surface area (TPSA) is 54.0 Å². The van der Waals surface area contributed by atoms with Crippen LogP contribution in [0.25, 0.3) is 0 Å². The van der Waals surface area contributed by atoms with Crippen molar-refractivity contribution in [1.29, 1.82) is 0 Å². The van der Waals surface area contributed by atoms with Crippen LogP contribution in [0, 0.1) is 6.92 Å². The Hall–Kier alpha value is -2.56. The number of hydrogen-bond acceptors (Lipinski definition) is 3. The van der Waals surface area contributed by atoms with Crippen molar-refractivity contribution < 1.29 is 4.79 Å². The molecular formula is C20H17Cl2N3O. The van der Waals surface area contributed by atoms with E-state index in [9.17, 15) is 4.79 Å². The Kier molecular flexibility index (Phi) is 5.76. The third kappa shape index (κ3) is 4.97. The fourth-order valence-electron chi connectivity index (χ4n) is 2.48. The van der Waals surface area contributed by atoms with Gasteiger partial charge in [0, 0.05) is 5.69 Å². The Morgan fingerprint density at radius 3 is 2.50 bits per heavy atom. The number of benzene rings is 2. The van der Waals surface area contributed by atoms with Gasteiger partial charge in [0.1, 0.15) is 5.82 Å². The molecule has 3 aromatic rings. The monoisotopic (exact) mass is 385 g/mol. The van der Waals surface area contributed by atoms with Crippen molar-refractivity contribution >= 4 is 46.3 Å². The second-order valence-corrected chi connectivity index (χ2v) is 6.71. The molecule has 1 amide bonds. The van der Waals surface area contributed by atoms with E-state index >= 15 is 0 Å². The predicted molar refractivity (Wildman–Crippen MR) is 107 cm³/mol. The minimum Gasteiger partial charge on any atom is -0.340 e. The van der Waals surface area contributed by atoms with E-state index in [4.69, 9.17) is 23.2 Å². The summed E-state index contributed by atoms with van der Waals surface area (Å²) >= 11 is 11.9. The van der Waals surface area contributed by atoms with Crippen molar-refractivity contribution in [3.8, 4) is 0 Å². The van der Waals surface area contributed by atoms with Gasteiger partial charge in [-0.15, -0.1) is 0 Å². The molecule has 0 bridgehead atoms. The number of rotatable bonds is 5. The molecule has 132 valence electrons. The summed E-state index contributed by atoms with van der Waals surface area (Å²) in [5.74, 6) is 0.558. The van der Waals surface area contributed by atoms with Gasteiger partial charge in [0.2, 0.25) is 5.91 Å². The molecular weight excluding hydrogens is 369 g/mol. The molecule has 0 fully saturated rings. The summed E-state index contributed by atoms with van der Waals surface area (Å²) in [5, 5.41) is 6.95. The number of carbonyl (C=O) groups is 1. The van der Waals surface area contributed by atoms with Crippen LogP contribution < -0.4 is 10.6 Å². The zero-order valence-electron chi connectivity index (χ0n) is 14.1. The van der Waals surface area contributed by atoms with Gasteiger partial charge >= 0.3 is 0 Å². The first kappa shape index (κ1) is 18.2. The number of nitrogens with zero attached hydrogens (tertiary/aromatic N) is 1. The molecule has 0 spiro atoms. The minimum absolute atomic E-state index is 0.0809. The third-order valence-corrected chi connectivity index (χ3v) is 4.43. The number of pyridine rings is 1. The van der Waals surface area contributed by atoms with Crippen LogP contribution in [-0.4, -0.2) is 10.9 Å². The van der Waals surface area contributed by atoms with Crippen LogP contribution in [0.3, 0.4) is 0 Å². The standard InChI is InChI=1S/C20H17Cl2N3O/c1-13-3-2-4-14(9-13)10-20(26)25-16-6-8-19(23-12-16)24-15-5-7-17(21)18(22)11-15/h2-9,11-12H,10H2,1H3,(H,23,24)(H,25,26). The molecule has 2 aromatic carbocycles. The van der Waals surface area contributed by atoms with Crippen molar-refractivity contribution in [2.75, 3.05) is 10.6 Å². The van der Waals surface area contributed by atoms with Crippen LogP contribution >= 0.6 is 23.2 Å². The molecule has 0 aliphatic heterocycles. The van der Waals surface area contributed by atoms with Gasteiger partial charge in [-0.3, -0.25) is 4.79 Å². The molecule has 3 rings (SSSR count). The summed E-state index contributed by atoms with van der Waals surface area (Å²) in [5.41, 5.74) is 3.54. The first-order valence-electron chi connectivity index (χ1n) is 8.03. The van der Waals surface area contributed by atoms with Crippen molar-refractivity contribution in [3.63, 3.8) is 0 Å². The largest absolute Gasteiger partial charge is 0.340 e. The van der Waals surface area contributed by atoms with Gasteiger partial charge < -0.3 is 10.6 Å². The Balaban J connectivity index is 1.60. The Morgan fingerprint density at radius 1 is 1.00 bits per heavy atom. The first-order chi connectivity index (χ1) is 12.5. The lowest BCUT2D eigenvalue weighted by atomic mass is 10.1. The van der Waals surface area contributed by atoms with Gasteiger partial charge in [0.05, 0.1) is 28.4 Å². The predicted octanol–water partition coefficient (Wildman–Crippen LogP) is 5.62. The maximum absolute atomic E-state index is 12.2. The van der Waals surface area contributed by atoms with E-state index in [2.05, 4.69) is 15.6 Å². The number of nitrogens with one attached hydrogen (secondary N) is 2. The highest BCUT2D eigenvalue weighted by molar-refractivity contribution is 6.42. The summed E-state index contributed by atoms with van der Waals surface area (Å²) < 4.78 is 0. The number of carbonyl (C=O) groups excluding carboxylic acids is 1. The van der Waals surface area contributed by atoms with Gasteiger partial charge in [-0.05, 0) is 42.8 Å². The lowest BCUT2D eigenvalue weighted by molar-refractivity contribution is -0.115. The van der Waals surface area contributed by atoms with E-state index in [0.717, 1.165) is 16.8 Å². The van der Waals surface area contributed by atoms with Crippen LogP contribution in [0.15, 0.2) is 60.8 Å². The fourth-order valence-corrected chi connectivity index (χ4v) is 2.77. The first-order valence-corrected chi connectivity index (χ1v) is 8.79. The lowest BCUT2D eigenvalue weighted by Gasteiger charge is -2.09. The maximum atomic E-state index is 12.2. The molecule has 1 heterocycles. The molecule has 1 aromatic heterocycles. The average Bonchev–Trinajstić information content (AvgIpc) is 2.60. The summed E-state index contributed by atoms with van der Waals surface area (Å²) in [7, 11) is 0. The second kappa shape index (κ2) is 8.21. The summed E-state index contributed by atoms with van der Waals surface area (Å²) in [6, 6.07) is 16.7. The number of aryl methyl sites for hydroxylation is 1. The molecule has 0 unspecified atom stereocenters. The van der Waals surface area contributed by atoms with E-state index in [0.29, 0.717) is 28.0 Å². The Labute approximate surface area is 162 Å². The summed E-state index contributed by atoms with van der Waals surface area (Å²) in [6.07, 6.45) is 1.93. The van der Waals surface area contributed by atoms with Crippen LogP contribution in [-0.2, 0) is 11.2 Å². The van der Waals surface area contributed by atoms with E-state index in [1.807, 2.05) is 37.3 Å². The van der Waals surface area contributed by atoms with Gasteiger partial charge in [-0.2, -0.15) is 0 Å². The minimum atomic E-state index is -0.0809. The quantitative estimate of drug-likeness (QED) is 0.598. The Bertz CT molecular complexity index is 927. The van der Waals surface area contributed by atoms with Crippen molar-refractivity contribution in [2.24, 2.45) is 0 Å². The highest BCUT2D eigenvalue weighted by Crippen LogP contribution is 2.26. The van der Waals surface area contributed by atoms with Crippen LogP contribution in [0.2, 0.25) is 10.0 Å². The lowest BCUT2D eigenvalue weighted by Crippen LogP contribution is -2.14. The fraction of sp³-hybridized carbons (Fsp3) is 0.100. The van der Waals surface area contributed by atoms with Crippen LogP contribution in [0.1, 0.15) is 11.1 Å². The van der Waals surface area contributed by atoms with Crippen molar-refractivity contribution in [3.05, 3.63) is 82.0 Å². The molecule has 0 saturated heterocycles. The van der Waals surface area contributed by atoms with Crippen molar-refractivity contribution in [2.45, 2.75) is 13.3 Å². The molecule has 4 nitrogen and oxygen atoms in total. The normalized spacial score (nSPS) is 10.4. The third-order valence-electron chi connectivity index (χ3n) is 3.69. The maximum Gasteiger partial charge on any atom is 0.228 e. The molecule has 6 heteroatoms. The molecule has 2 N–H and O–H groups in total. The molecule has 0 atom stereocenters. The van der Waals surface area contributed by atoms with Gasteiger partial charge in [0.15, 0.2) is 0 Å². The molecule has 0 saturated carbocycles. The molecule has 0 radical (unpaired) electrons. The number of amides is 1. The van der Waals surface area contributed by atoms with Gasteiger partial charge in [-0.25, -0.2) is 4.98 Å². The number of halogens is 2. The Morgan fingerprint density at radius 2 is 1.81 bits per heavy atom. The smallest absolute Gasteiger partial charge is 0.228 e. The summed E-state index contributed by atoms with van der Waals surface area (Å²) in [6.45, 7) is 2.00. The van der Waals surface area contributed by atoms with E-state index < -0.39 is 0 Å². The van der Waals surface area contributed by atoms with E-state index in [-0.39, 0.29) is 5.91 Å². The van der Waals surface area contributed by atoms with Crippen molar-refractivity contribution in [1.82, 2.24) is 4.98 Å². The van der Waals surface area contributed by atoms with E-state index in [1.165, 1.54) is 0 Å². The molecule has 26 heavy (non-hydrogen) atoms.